The second kappa shape index (κ2) is 6.28. The summed E-state index contributed by atoms with van der Waals surface area (Å²) in [6, 6.07) is 14.2. The van der Waals surface area contributed by atoms with E-state index in [-0.39, 0.29) is 5.69 Å². The van der Waals surface area contributed by atoms with Crippen molar-refractivity contribution in [2.45, 2.75) is 0 Å². The molecule has 0 amide bonds. The average Bonchev–Trinajstić information content (AvgIpc) is 2.94. The molecule has 1 atom stereocenters. The van der Waals surface area contributed by atoms with Crippen molar-refractivity contribution in [3.05, 3.63) is 53.7 Å². The quantitative estimate of drug-likeness (QED) is 0.632. The van der Waals surface area contributed by atoms with E-state index < -0.39 is 17.3 Å². The molecule has 0 spiro atoms. The van der Waals surface area contributed by atoms with Crippen molar-refractivity contribution < 1.29 is 14.5 Å². The number of aromatic nitrogens is 1. The number of anilines is 1. The maximum atomic E-state index is 11.6. The lowest BCUT2D eigenvalue weighted by atomic mass is 9.99. The van der Waals surface area contributed by atoms with Gasteiger partial charge >= 0.3 is 5.97 Å². The van der Waals surface area contributed by atoms with Gasteiger partial charge in [0.05, 0.1) is 22.6 Å². The summed E-state index contributed by atoms with van der Waals surface area (Å²) in [5.41, 5.74) is 2.65. The summed E-state index contributed by atoms with van der Waals surface area (Å²) >= 11 is -1.31. The van der Waals surface area contributed by atoms with Crippen molar-refractivity contribution >= 4 is 33.9 Å². The fourth-order valence-corrected chi connectivity index (χ4v) is 3.13. The number of hydrogen-bond acceptors (Lipinski definition) is 4. The third-order valence-electron chi connectivity index (χ3n) is 3.60. The first kappa shape index (κ1) is 15.9. The number of carboxylic acids is 1. The Morgan fingerprint density at radius 3 is 2.75 bits per heavy atom. The maximum Gasteiger partial charge on any atom is 0.352 e. The van der Waals surface area contributed by atoms with Crippen LogP contribution in [0.3, 0.4) is 0 Å². The van der Waals surface area contributed by atoms with Crippen molar-refractivity contribution in [3.8, 4) is 17.2 Å². The van der Waals surface area contributed by atoms with Gasteiger partial charge in [-0.25, -0.2) is 9.52 Å². The Balaban J connectivity index is 2.22. The fraction of sp³-hybridized carbons (Fsp3) is 0.0588. The molecule has 0 aliphatic carbocycles. The minimum absolute atomic E-state index is 0.0693. The Morgan fingerprint density at radius 2 is 2.08 bits per heavy atom. The first-order valence-electron chi connectivity index (χ1n) is 7.00. The highest BCUT2D eigenvalue weighted by Crippen LogP contribution is 2.34. The largest absolute Gasteiger partial charge is 0.593 e. The Bertz CT molecular complexity index is 973. The van der Waals surface area contributed by atoms with Gasteiger partial charge in [0, 0.05) is 16.5 Å². The number of carbonyl (C=O) groups is 1. The second-order valence-corrected chi connectivity index (χ2v) is 6.27. The molecule has 0 saturated carbocycles. The van der Waals surface area contributed by atoms with Gasteiger partial charge in [0.1, 0.15) is 18.0 Å². The van der Waals surface area contributed by atoms with E-state index >= 15 is 0 Å². The number of carboxylic acid groups (broad SMARTS) is 1. The molecule has 0 radical (unpaired) electrons. The average molecular weight is 339 g/mol. The van der Waals surface area contributed by atoms with Crippen LogP contribution >= 0.6 is 0 Å². The van der Waals surface area contributed by atoms with E-state index in [1.165, 1.54) is 6.26 Å². The van der Waals surface area contributed by atoms with E-state index in [9.17, 15) is 19.7 Å². The molecule has 0 saturated heterocycles. The van der Waals surface area contributed by atoms with Crippen molar-refractivity contribution in [2.24, 2.45) is 0 Å². The first-order chi connectivity index (χ1) is 11.5. The van der Waals surface area contributed by atoms with Crippen LogP contribution in [0.1, 0.15) is 16.1 Å². The van der Waals surface area contributed by atoms with Crippen molar-refractivity contribution in [3.63, 3.8) is 0 Å². The molecule has 0 fully saturated rings. The number of nitrogens with one attached hydrogen (secondary N) is 2. The van der Waals surface area contributed by atoms with Crippen LogP contribution < -0.4 is 4.72 Å². The molecule has 7 heteroatoms. The molecule has 6 nitrogen and oxygen atoms in total. The lowest BCUT2D eigenvalue weighted by Gasteiger charge is -2.10. The Morgan fingerprint density at radius 1 is 1.33 bits per heavy atom. The third-order valence-corrected chi connectivity index (χ3v) is 4.11. The van der Waals surface area contributed by atoms with Crippen LogP contribution in [0, 0.1) is 11.3 Å². The van der Waals surface area contributed by atoms with Gasteiger partial charge < -0.3 is 14.6 Å². The predicted octanol–water partition coefficient (Wildman–Crippen LogP) is 3.11. The molecule has 0 aliphatic rings. The van der Waals surface area contributed by atoms with Crippen LogP contribution in [-0.4, -0.2) is 26.9 Å². The fourth-order valence-electron chi connectivity index (χ4n) is 2.64. The highest BCUT2D eigenvalue weighted by atomic mass is 32.2. The number of nitriles is 1. The van der Waals surface area contributed by atoms with E-state index in [0.29, 0.717) is 27.9 Å². The standard InChI is InChI=1S/C17H13N3O3S/c1-24(23)20-13-7-6-10(8-11(13)9-18)15-12-4-2-3-5-14(12)19-16(15)17(21)22/h2-8,19-20H,1H3,(H,21,22). The maximum absolute atomic E-state index is 11.6. The molecule has 1 heterocycles. The number of aromatic amines is 1. The van der Waals surface area contributed by atoms with Gasteiger partial charge in [-0.2, -0.15) is 5.26 Å². The summed E-state index contributed by atoms with van der Waals surface area (Å²) in [7, 11) is 0. The number of benzene rings is 2. The van der Waals surface area contributed by atoms with Crippen LogP contribution in [0.15, 0.2) is 42.5 Å². The molecule has 0 aliphatic heterocycles. The Hall–Kier alpha value is -2.95. The van der Waals surface area contributed by atoms with E-state index in [1.54, 1.807) is 24.3 Å². The summed E-state index contributed by atoms with van der Waals surface area (Å²) < 4.78 is 14.0. The van der Waals surface area contributed by atoms with Crippen molar-refractivity contribution in [1.29, 1.82) is 5.26 Å². The summed E-state index contributed by atoms with van der Waals surface area (Å²) in [6.07, 6.45) is 1.47. The molecule has 1 aromatic heterocycles. The van der Waals surface area contributed by atoms with Crippen LogP contribution in [0.5, 0.6) is 0 Å². The highest BCUT2D eigenvalue weighted by Gasteiger charge is 2.19. The number of fused-ring (bicyclic) bond motifs is 1. The molecule has 24 heavy (non-hydrogen) atoms. The number of H-pyrrole nitrogens is 1. The number of nitrogens with zero attached hydrogens (tertiary/aromatic N) is 1. The molecule has 3 rings (SSSR count). The van der Waals surface area contributed by atoms with Crippen LogP contribution in [0.4, 0.5) is 5.69 Å². The first-order valence-corrected chi connectivity index (χ1v) is 8.55. The highest BCUT2D eigenvalue weighted by molar-refractivity contribution is 7.92. The van der Waals surface area contributed by atoms with Crippen molar-refractivity contribution in [1.82, 2.24) is 4.98 Å². The summed E-state index contributed by atoms with van der Waals surface area (Å²) in [5.74, 6) is -1.07. The summed E-state index contributed by atoms with van der Waals surface area (Å²) in [6.45, 7) is 0. The van der Waals surface area contributed by atoms with Gasteiger partial charge in [-0.1, -0.05) is 24.3 Å². The molecular weight excluding hydrogens is 326 g/mol. The van der Waals surface area contributed by atoms with Gasteiger partial charge in [-0.3, -0.25) is 0 Å². The van der Waals surface area contributed by atoms with Gasteiger partial charge in [0.15, 0.2) is 0 Å². The molecule has 120 valence electrons. The zero-order valence-corrected chi connectivity index (χ0v) is 13.5. The summed E-state index contributed by atoms with van der Waals surface area (Å²) in [4.78, 5) is 14.5. The van der Waals surface area contributed by atoms with Crippen LogP contribution in [0.2, 0.25) is 0 Å². The van der Waals surface area contributed by atoms with Gasteiger partial charge in [-0.05, 0) is 23.8 Å². The molecule has 0 bridgehead atoms. The zero-order valence-electron chi connectivity index (χ0n) is 12.7. The lowest BCUT2D eigenvalue weighted by Crippen LogP contribution is -2.10. The molecule has 2 aromatic carbocycles. The van der Waals surface area contributed by atoms with Gasteiger partial charge in [-0.15, -0.1) is 0 Å². The molecule has 3 aromatic rings. The Kier molecular flexibility index (Phi) is 4.16. The van der Waals surface area contributed by atoms with E-state index in [2.05, 4.69) is 9.71 Å². The number of rotatable bonds is 4. The van der Waals surface area contributed by atoms with Crippen molar-refractivity contribution in [2.75, 3.05) is 11.0 Å². The SMILES string of the molecule is C[S+]([O-])Nc1ccc(-c2c(C(=O)O)[nH]c3ccccc23)cc1C#N. The number of hydrogen-bond donors (Lipinski definition) is 3. The normalized spacial score (nSPS) is 11.9. The van der Waals surface area contributed by atoms with Crippen LogP contribution in [-0.2, 0) is 11.4 Å². The Labute approximate surface area is 141 Å². The number of para-hydroxylation sites is 1. The van der Waals surface area contributed by atoms with E-state index in [0.717, 1.165) is 5.39 Å². The predicted molar refractivity (Wildman–Crippen MR) is 93.1 cm³/mol. The third kappa shape index (κ3) is 2.80. The second-order valence-electron chi connectivity index (χ2n) is 5.15. The zero-order chi connectivity index (χ0) is 17.3. The van der Waals surface area contributed by atoms with Crippen LogP contribution in [0.25, 0.3) is 22.0 Å². The van der Waals surface area contributed by atoms with Gasteiger partial charge in [0.25, 0.3) is 0 Å². The molecular formula is C17H13N3O3S. The van der Waals surface area contributed by atoms with E-state index in [1.807, 2.05) is 24.3 Å². The topological polar surface area (TPSA) is 112 Å². The van der Waals surface area contributed by atoms with Gasteiger partial charge in [0.2, 0.25) is 0 Å². The minimum Gasteiger partial charge on any atom is -0.593 e. The minimum atomic E-state index is -1.31. The molecule has 1 unspecified atom stereocenters. The van der Waals surface area contributed by atoms with E-state index in [4.69, 9.17) is 0 Å². The monoisotopic (exact) mass is 339 g/mol. The lowest BCUT2D eigenvalue weighted by molar-refractivity contribution is 0.0692. The number of aromatic carboxylic acids is 1. The molecule has 3 N–H and O–H groups in total. The smallest absolute Gasteiger partial charge is 0.352 e. The summed E-state index contributed by atoms with van der Waals surface area (Å²) in [5, 5.41) is 19.6.